The molecule has 0 amide bonds. The molecule has 0 heterocycles. The summed E-state index contributed by atoms with van der Waals surface area (Å²) in [5, 5.41) is 0. The highest BCUT2D eigenvalue weighted by Crippen LogP contribution is 2.08. The lowest BCUT2D eigenvalue weighted by Gasteiger charge is -2.13. The molecule has 1 radical (unpaired) electrons. The van der Waals surface area contributed by atoms with Crippen LogP contribution in [0.4, 0.5) is 4.79 Å². The van der Waals surface area contributed by atoms with Crippen molar-refractivity contribution in [2.24, 2.45) is 0 Å². The average molecular weight is 253 g/mol. The highest BCUT2D eigenvalue weighted by atomic mass is 16.8. The monoisotopic (exact) mass is 253 g/mol. The fourth-order valence-corrected chi connectivity index (χ4v) is 1.04. The Bertz CT molecular complexity index is 389. The smallest absolute Gasteiger partial charge is 0.482 e. The Morgan fingerprint density at radius 3 is 2.56 bits per heavy atom. The largest absolute Gasteiger partial charge is 0.511 e. The van der Waals surface area contributed by atoms with Crippen LogP contribution in [-0.2, 0) is 19.0 Å². The van der Waals surface area contributed by atoms with Gasteiger partial charge in [-0.2, -0.15) is 0 Å². The molecule has 0 spiro atoms. The molecule has 0 fully saturated rings. The minimum absolute atomic E-state index is 0.279. The zero-order chi connectivity index (χ0) is 13.4. The summed E-state index contributed by atoms with van der Waals surface area (Å²) in [6, 6.07) is 9.43. The lowest BCUT2D eigenvalue weighted by Crippen LogP contribution is -2.25. The summed E-state index contributed by atoms with van der Waals surface area (Å²) in [5.41, 5.74) is 0. The first-order valence-corrected chi connectivity index (χ1v) is 5.15. The molecule has 1 aromatic carbocycles. The van der Waals surface area contributed by atoms with Crippen LogP contribution in [0, 0.1) is 6.07 Å². The van der Waals surface area contributed by atoms with Crippen LogP contribution in [0.15, 0.2) is 24.3 Å². The maximum atomic E-state index is 11.3. The molecule has 0 bridgehead atoms. The van der Waals surface area contributed by atoms with E-state index < -0.39 is 18.4 Å². The van der Waals surface area contributed by atoms with Gasteiger partial charge in [-0.25, -0.2) is 9.59 Å². The van der Waals surface area contributed by atoms with Gasteiger partial charge in [0.2, 0.25) is 6.29 Å². The highest BCUT2D eigenvalue weighted by Gasteiger charge is 2.14. The van der Waals surface area contributed by atoms with Gasteiger partial charge in [0.1, 0.15) is 5.75 Å². The molecule has 18 heavy (non-hydrogen) atoms. The van der Waals surface area contributed by atoms with Crippen molar-refractivity contribution in [2.75, 3.05) is 13.7 Å². The number of benzene rings is 1. The maximum Gasteiger partial charge on any atom is 0.511 e. The van der Waals surface area contributed by atoms with E-state index in [1.165, 1.54) is 6.92 Å². The summed E-state index contributed by atoms with van der Waals surface area (Å²) in [7, 11) is 1.16. The zero-order valence-electron chi connectivity index (χ0n) is 10.0. The topological polar surface area (TPSA) is 71.1 Å². The van der Waals surface area contributed by atoms with Gasteiger partial charge in [0, 0.05) is 6.92 Å². The first-order valence-electron chi connectivity index (χ1n) is 5.15. The number of carbonyl (C=O) groups excluding carboxylic acids is 2. The second kappa shape index (κ2) is 7.16. The normalized spacial score (nSPS) is 11.2. The number of carbonyl (C=O) groups is 2. The second-order valence-corrected chi connectivity index (χ2v) is 3.15. The molecule has 1 unspecified atom stereocenters. The fourth-order valence-electron chi connectivity index (χ4n) is 1.04. The Balaban J connectivity index is 2.27. The molecule has 0 saturated heterocycles. The van der Waals surface area contributed by atoms with Gasteiger partial charge in [-0.05, 0) is 18.2 Å². The molecule has 0 aliphatic carbocycles. The predicted octanol–water partition coefficient (Wildman–Crippen LogP) is 1.54. The van der Waals surface area contributed by atoms with Crippen LogP contribution in [0.1, 0.15) is 6.92 Å². The minimum atomic E-state index is -1.03. The molecule has 0 saturated carbocycles. The summed E-state index contributed by atoms with van der Waals surface area (Å²) in [5.74, 6) is -0.133. The molecule has 0 aromatic heterocycles. The number of rotatable bonds is 5. The van der Waals surface area contributed by atoms with Crippen molar-refractivity contribution in [1.29, 1.82) is 0 Å². The maximum absolute atomic E-state index is 11.3. The Kier molecular flexibility index (Phi) is 5.50. The van der Waals surface area contributed by atoms with Gasteiger partial charge in [-0.15, -0.1) is 0 Å². The van der Waals surface area contributed by atoms with Gasteiger partial charge in [0.05, 0.1) is 7.11 Å². The summed E-state index contributed by atoms with van der Waals surface area (Å²) in [6.07, 6.45) is -1.95. The van der Waals surface area contributed by atoms with Crippen LogP contribution < -0.4 is 4.74 Å². The highest BCUT2D eigenvalue weighted by molar-refractivity contribution is 5.71. The van der Waals surface area contributed by atoms with Crippen molar-refractivity contribution in [2.45, 2.75) is 13.2 Å². The van der Waals surface area contributed by atoms with Gasteiger partial charge in [-0.1, -0.05) is 12.1 Å². The van der Waals surface area contributed by atoms with E-state index in [1.807, 2.05) is 0 Å². The average Bonchev–Trinajstić information content (AvgIpc) is 2.37. The van der Waals surface area contributed by atoms with E-state index in [0.29, 0.717) is 5.75 Å². The van der Waals surface area contributed by atoms with E-state index in [9.17, 15) is 9.59 Å². The zero-order valence-corrected chi connectivity index (χ0v) is 10.0. The standard InChI is InChI=1S/C12H13O6/c1-9(18-12(14)15-2)17-11(13)8-16-10-6-4-3-5-7-10/h4-7,9H,8H2,1-2H3. The van der Waals surface area contributed by atoms with Gasteiger partial charge in [-0.3, -0.25) is 0 Å². The van der Waals surface area contributed by atoms with Crippen molar-refractivity contribution in [3.05, 3.63) is 30.3 Å². The Labute approximate surface area is 104 Å². The van der Waals surface area contributed by atoms with Crippen LogP contribution >= 0.6 is 0 Å². The predicted molar refractivity (Wildman–Crippen MR) is 59.8 cm³/mol. The number of methoxy groups -OCH3 is 1. The molecule has 97 valence electrons. The first kappa shape index (κ1) is 13.8. The van der Waals surface area contributed by atoms with Crippen molar-refractivity contribution in [3.8, 4) is 5.75 Å². The molecular weight excluding hydrogens is 240 g/mol. The first-order chi connectivity index (χ1) is 8.61. The summed E-state index contributed by atoms with van der Waals surface area (Å²) < 4.78 is 18.7. The van der Waals surface area contributed by atoms with Gasteiger partial charge in [0.25, 0.3) is 0 Å². The van der Waals surface area contributed by atoms with Gasteiger partial charge in [0.15, 0.2) is 6.61 Å². The Morgan fingerprint density at radius 2 is 1.94 bits per heavy atom. The van der Waals surface area contributed by atoms with Gasteiger partial charge >= 0.3 is 12.1 Å². The van der Waals surface area contributed by atoms with Crippen LogP contribution in [-0.4, -0.2) is 32.1 Å². The van der Waals surface area contributed by atoms with E-state index in [2.05, 4.69) is 15.5 Å². The van der Waals surface area contributed by atoms with E-state index in [4.69, 9.17) is 9.47 Å². The molecule has 0 aliphatic rings. The van der Waals surface area contributed by atoms with Crippen molar-refractivity contribution < 1.29 is 28.5 Å². The number of ether oxygens (including phenoxy) is 4. The molecule has 6 nitrogen and oxygen atoms in total. The second-order valence-electron chi connectivity index (χ2n) is 3.15. The summed E-state index contributed by atoms with van der Waals surface area (Å²) in [6.45, 7) is 1.12. The quantitative estimate of drug-likeness (QED) is 0.585. The fraction of sp³-hybridized carbons (Fsp3) is 0.333. The Morgan fingerprint density at radius 1 is 1.28 bits per heavy atom. The molecular formula is C12H13O6. The summed E-state index contributed by atoms with van der Waals surface area (Å²) in [4.78, 5) is 22.0. The third kappa shape index (κ3) is 5.20. The molecule has 1 rings (SSSR count). The SMILES string of the molecule is COC(=O)OC(C)OC(=O)COc1cc[c]cc1. The van der Waals surface area contributed by atoms with Crippen LogP contribution in [0.5, 0.6) is 5.75 Å². The van der Waals surface area contributed by atoms with Crippen molar-refractivity contribution in [3.63, 3.8) is 0 Å². The molecule has 6 heteroatoms. The van der Waals surface area contributed by atoms with E-state index >= 15 is 0 Å². The lowest BCUT2D eigenvalue weighted by molar-refractivity contribution is -0.169. The van der Waals surface area contributed by atoms with E-state index in [-0.39, 0.29) is 6.61 Å². The van der Waals surface area contributed by atoms with Crippen LogP contribution in [0.3, 0.4) is 0 Å². The van der Waals surface area contributed by atoms with Gasteiger partial charge < -0.3 is 18.9 Å². The minimum Gasteiger partial charge on any atom is -0.482 e. The molecule has 1 atom stereocenters. The molecule has 1 aromatic rings. The van der Waals surface area contributed by atoms with E-state index in [0.717, 1.165) is 7.11 Å². The Hall–Kier alpha value is -2.24. The third-order valence-electron chi connectivity index (χ3n) is 1.77. The summed E-state index contributed by atoms with van der Waals surface area (Å²) >= 11 is 0. The number of esters is 1. The number of hydrogen-bond acceptors (Lipinski definition) is 6. The molecule has 0 aliphatic heterocycles. The van der Waals surface area contributed by atoms with E-state index in [1.54, 1.807) is 24.3 Å². The van der Waals surface area contributed by atoms with Crippen LogP contribution in [0.25, 0.3) is 0 Å². The van der Waals surface area contributed by atoms with Crippen LogP contribution in [0.2, 0.25) is 0 Å². The third-order valence-corrected chi connectivity index (χ3v) is 1.77. The van der Waals surface area contributed by atoms with Crippen molar-refractivity contribution in [1.82, 2.24) is 0 Å². The number of hydrogen-bond donors (Lipinski definition) is 0. The lowest BCUT2D eigenvalue weighted by atomic mass is 10.3. The van der Waals surface area contributed by atoms with Crippen molar-refractivity contribution >= 4 is 12.1 Å². The molecule has 0 N–H and O–H groups in total.